The largest absolute Gasteiger partial charge is 0.366 e. The third-order valence-electron chi connectivity index (χ3n) is 4.02. The zero-order valence-electron chi connectivity index (χ0n) is 15.3. The molecule has 0 bridgehead atoms. The summed E-state index contributed by atoms with van der Waals surface area (Å²) in [5, 5.41) is 6.55. The molecule has 0 aliphatic rings. The predicted octanol–water partition coefficient (Wildman–Crippen LogP) is 5.27. The van der Waals surface area contributed by atoms with Gasteiger partial charge in [-0.3, -0.25) is 0 Å². The van der Waals surface area contributed by atoms with E-state index in [0.29, 0.717) is 18.3 Å². The normalized spacial score (nSPS) is 11.2. The highest BCUT2D eigenvalue weighted by atomic mass is 19.1. The Morgan fingerprint density at radius 1 is 0.962 bits per heavy atom. The third kappa shape index (κ3) is 4.57. The van der Waals surface area contributed by atoms with Crippen LogP contribution in [0.2, 0.25) is 0 Å². The fourth-order valence-corrected chi connectivity index (χ4v) is 2.68. The first-order chi connectivity index (χ1) is 12.4. The maximum atomic E-state index is 13.0. The van der Waals surface area contributed by atoms with E-state index in [-0.39, 0.29) is 11.2 Å². The van der Waals surface area contributed by atoms with Crippen molar-refractivity contribution >= 4 is 17.5 Å². The van der Waals surface area contributed by atoms with Crippen molar-refractivity contribution in [3.63, 3.8) is 0 Å². The molecule has 1 heterocycles. The SMILES string of the molecule is CC(C)(C)c1ccccc1Nc1nccc(NCc2ccc(F)cc2)n1. The van der Waals surface area contributed by atoms with Crippen LogP contribution in [-0.2, 0) is 12.0 Å². The molecule has 0 unspecified atom stereocenters. The van der Waals surface area contributed by atoms with Crippen molar-refractivity contribution in [2.24, 2.45) is 0 Å². The molecule has 0 amide bonds. The van der Waals surface area contributed by atoms with Crippen LogP contribution in [0.15, 0.2) is 60.8 Å². The molecule has 26 heavy (non-hydrogen) atoms. The Morgan fingerprint density at radius 2 is 1.69 bits per heavy atom. The van der Waals surface area contributed by atoms with Crippen LogP contribution in [0.1, 0.15) is 31.9 Å². The Bertz CT molecular complexity index is 870. The third-order valence-corrected chi connectivity index (χ3v) is 4.02. The standard InChI is InChI=1S/C21H23FN4/c1-21(2,3)17-6-4-5-7-18(17)25-20-23-13-12-19(26-20)24-14-15-8-10-16(22)11-9-15/h4-13H,14H2,1-3H3,(H2,23,24,25,26). The second kappa shape index (κ2) is 7.52. The topological polar surface area (TPSA) is 49.8 Å². The zero-order chi connectivity index (χ0) is 18.6. The number of benzene rings is 2. The van der Waals surface area contributed by atoms with Gasteiger partial charge in [-0.1, -0.05) is 51.1 Å². The van der Waals surface area contributed by atoms with Gasteiger partial charge in [0.25, 0.3) is 0 Å². The van der Waals surface area contributed by atoms with E-state index in [2.05, 4.69) is 47.4 Å². The van der Waals surface area contributed by atoms with Gasteiger partial charge in [-0.15, -0.1) is 0 Å². The highest BCUT2D eigenvalue weighted by molar-refractivity contribution is 5.61. The number of nitrogens with zero attached hydrogens (tertiary/aromatic N) is 2. The molecule has 3 aromatic rings. The number of hydrogen-bond donors (Lipinski definition) is 2. The maximum absolute atomic E-state index is 13.0. The van der Waals surface area contributed by atoms with Crippen LogP contribution in [0.5, 0.6) is 0 Å². The van der Waals surface area contributed by atoms with Crippen LogP contribution in [0.3, 0.4) is 0 Å². The van der Waals surface area contributed by atoms with E-state index >= 15 is 0 Å². The fraction of sp³-hybridized carbons (Fsp3) is 0.238. The number of aromatic nitrogens is 2. The van der Waals surface area contributed by atoms with Crippen molar-refractivity contribution in [3.8, 4) is 0 Å². The summed E-state index contributed by atoms with van der Waals surface area (Å²) >= 11 is 0. The molecule has 2 aromatic carbocycles. The number of hydrogen-bond acceptors (Lipinski definition) is 4. The quantitative estimate of drug-likeness (QED) is 0.658. The molecule has 1 aromatic heterocycles. The molecule has 2 N–H and O–H groups in total. The smallest absolute Gasteiger partial charge is 0.229 e. The lowest BCUT2D eigenvalue weighted by molar-refractivity contribution is 0.592. The Morgan fingerprint density at radius 3 is 2.42 bits per heavy atom. The zero-order valence-corrected chi connectivity index (χ0v) is 15.3. The van der Waals surface area contributed by atoms with Crippen LogP contribution in [0.4, 0.5) is 21.8 Å². The van der Waals surface area contributed by atoms with Crippen molar-refractivity contribution in [1.82, 2.24) is 9.97 Å². The molecule has 0 atom stereocenters. The van der Waals surface area contributed by atoms with Gasteiger partial charge in [0.05, 0.1) is 0 Å². The number of anilines is 3. The summed E-state index contributed by atoms with van der Waals surface area (Å²) < 4.78 is 13.0. The Kier molecular flexibility index (Phi) is 5.16. The molecule has 0 aliphatic heterocycles. The van der Waals surface area contributed by atoms with E-state index < -0.39 is 0 Å². The van der Waals surface area contributed by atoms with Crippen LogP contribution in [-0.4, -0.2) is 9.97 Å². The van der Waals surface area contributed by atoms with Crippen molar-refractivity contribution in [1.29, 1.82) is 0 Å². The summed E-state index contributed by atoms with van der Waals surface area (Å²) in [6.07, 6.45) is 1.71. The van der Waals surface area contributed by atoms with Crippen LogP contribution in [0.25, 0.3) is 0 Å². The minimum atomic E-state index is -0.236. The Hall–Kier alpha value is -2.95. The van der Waals surface area contributed by atoms with E-state index in [1.165, 1.54) is 17.7 Å². The lowest BCUT2D eigenvalue weighted by Gasteiger charge is -2.23. The van der Waals surface area contributed by atoms with E-state index in [9.17, 15) is 4.39 Å². The van der Waals surface area contributed by atoms with Crippen molar-refractivity contribution in [2.75, 3.05) is 10.6 Å². The van der Waals surface area contributed by atoms with Crippen molar-refractivity contribution in [2.45, 2.75) is 32.7 Å². The van der Waals surface area contributed by atoms with Crippen LogP contribution in [0, 0.1) is 5.82 Å². The van der Waals surface area contributed by atoms with E-state index in [1.54, 1.807) is 18.3 Å². The molecule has 0 aliphatic carbocycles. The minimum Gasteiger partial charge on any atom is -0.366 e. The summed E-state index contributed by atoms with van der Waals surface area (Å²) in [5.41, 5.74) is 3.20. The lowest BCUT2D eigenvalue weighted by atomic mass is 9.86. The fourth-order valence-electron chi connectivity index (χ4n) is 2.68. The number of para-hydroxylation sites is 1. The van der Waals surface area contributed by atoms with E-state index in [1.807, 2.05) is 24.3 Å². The summed E-state index contributed by atoms with van der Waals surface area (Å²) in [5.74, 6) is 1.01. The molecule has 0 saturated carbocycles. The molecule has 5 heteroatoms. The number of rotatable bonds is 5. The van der Waals surface area contributed by atoms with Gasteiger partial charge >= 0.3 is 0 Å². The van der Waals surface area contributed by atoms with Crippen LogP contribution < -0.4 is 10.6 Å². The average Bonchev–Trinajstić information content (AvgIpc) is 2.61. The molecular weight excluding hydrogens is 327 g/mol. The molecule has 0 spiro atoms. The van der Waals surface area contributed by atoms with E-state index in [0.717, 1.165) is 11.3 Å². The van der Waals surface area contributed by atoms with Gasteiger partial charge in [0.15, 0.2) is 0 Å². The Balaban J connectivity index is 1.73. The van der Waals surface area contributed by atoms with E-state index in [4.69, 9.17) is 0 Å². The van der Waals surface area contributed by atoms with Crippen molar-refractivity contribution < 1.29 is 4.39 Å². The van der Waals surface area contributed by atoms with Gasteiger partial charge in [0.2, 0.25) is 5.95 Å². The first kappa shape index (κ1) is 17.9. The van der Waals surface area contributed by atoms with Gasteiger partial charge in [0.1, 0.15) is 11.6 Å². The summed E-state index contributed by atoms with van der Waals surface area (Å²) in [6, 6.07) is 16.4. The second-order valence-electron chi connectivity index (χ2n) is 7.17. The molecule has 3 rings (SSSR count). The number of nitrogens with one attached hydrogen (secondary N) is 2. The van der Waals surface area contributed by atoms with Gasteiger partial charge in [0, 0.05) is 18.4 Å². The van der Waals surface area contributed by atoms with Gasteiger partial charge in [-0.25, -0.2) is 9.37 Å². The molecule has 0 fully saturated rings. The summed E-state index contributed by atoms with van der Waals surface area (Å²) in [6.45, 7) is 7.09. The summed E-state index contributed by atoms with van der Waals surface area (Å²) in [4.78, 5) is 8.83. The Labute approximate surface area is 153 Å². The van der Waals surface area contributed by atoms with Crippen LogP contribution >= 0.6 is 0 Å². The highest BCUT2D eigenvalue weighted by Crippen LogP contribution is 2.30. The van der Waals surface area contributed by atoms with Gasteiger partial charge in [-0.2, -0.15) is 4.98 Å². The molecular formula is C21H23FN4. The van der Waals surface area contributed by atoms with Crippen molar-refractivity contribution in [3.05, 3.63) is 77.7 Å². The first-order valence-electron chi connectivity index (χ1n) is 8.60. The summed E-state index contributed by atoms with van der Waals surface area (Å²) in [7, 11) is 0. The van der Waals surface area contributed by atoms with Gasteiger partial charge < -0.3 is 10.6 Å². The molecule has 0 saturated heterocycles. The minimum absolute atomic E-state index is 0.0159. The highest BCUT2D eigenvalue weighted by Gasteiger charge is 2.17. The second-order valence-corrected chi connectivity index (χ2v) is 7.17. The lowest BCUT2D eigenvalue weighted by Crippen LogP contribution is -2.14. The molecule has 134 valence electrons. The monoisotopic (exact) mass is 350 g/mol. The predicted molar refractivity (Wildman–Crippen MR) is 104 cm³/mol. The molecule has 0 radical (unpaired) electrons. The maximum Gasteiger partial charge on any atom is 0.229 e. The molecule has 4 nitrogen and oxygen atoms in total. The van der Waals surface area contributed by atoms with Gasteiger partial charge in [-0.05, 0) is 40.8 Å². The first-order valence-corrected chi connectivity index (χ1v) is 8.60. The number of halogens is 1. The average molecular weight is 350 g/mol.